The molecule has 11 atom stereocenters. The first-order chi connectivity index (χ1) is 17.9. The fraction of sp³-hybridized carbons (Fsp3) is 0.567. The number of rotatable bonds is 3. The lowest BCUT2D eigenvalue weighted by Gasteiger charge is -2.52. The largest absolute Gasteiger partial charge is 0.458 e. The summed E-state index contributed by atoms with van der Waals surface area (Å²) in [5, 5.41) is 26.0. The number of fused-ring (bicyclic) bond motifs is 1. The van der Waals surface area contributed by atoms with Crippen molar-refractivity contribution in [2.24, 2.45) is 29.1 Å². The number of carbonyl (C=O) groups excluding carboxylic acids is 3. The molecule has 1 spiro atoms. The smallest absolute Gasteiger partial charge is 0.303 e. The molecule has 5 rings (SSSR count). The van der Waals surface area contributed by atoms with Crippen LogP contribution in [-0.4, -0.2) is 63.9 Å². The predicted molar refractivity (Wildman–Crippen MR) is 139 cm³/mol. The lowest BCUT2D eigenvalue weighted by atomic mass is 9.51. The van der Waals surface area contributed by atoms with E-state index in [0.29, 0.717) is 18.4 Å². The van der Waals surface area contributed by atoms with Crippen LogP contribution in [0.5, 0.6) is 0 Å². The number of aliphatic hydroxyl groups is 2. The van der Waals surface area contributed by atoms with Gasteiger partial charge < -0.3 is 25.0 Å². The molecule has 1 amide bonds. The van der Waals surface area contributed by atoms with Gasteiger partial charge in [-0.15, -0.1) is 0 Å². The van der Waals surface area contributed by atoms with Gasteiger partial charge in [-0.05, 0) is 36.8 Å². The molecule has 1 saturated carbocycles. The van der Waals surface area contributed by atoms with Gasteiger partial charge in [0.25, 0.3) is 0 Å². The maximum absolute atomic E-state index is 14.3. The van der Waals surface area contributed by atoms with Crippen molar-refractivity contribution in [2.75, 3.05) is 0 Å². The van der Waals surface area contributed by atoms with Crippen LogP contribution in [0.3, 0.4) is 0 Å². The molecule has 2 aliphatic heterocycles. The van der Waals surface area contributed by atoms with Gasteiger partial charge in [0, 0.05) is 30.7 Å². The Morgan fingerprint density at radius 3 is 2.58 bits per heavy atom. The first-order valence-electron chi connectivity index (χ1n) is 13.4. The van der Waals surface area contributed by atoms with E-state index in [4.69, 9.17) is 9.47 Å². The second-order valence-electron chi connectivity index (χ2n) is 11.7. The van der Waals surface area contributed by atoms with Crippen LogP contribution < -0.4 is 5.32 Å². The highest BCUT2D eigenvalue weighted by Crippen LogP contribution is 2.61. The van der Waals surface area contributed by atoms with Crippen LogP contribution in [0.4, 0.5) is 0 Å². The van der Waals surface area contributed by atoms with Gasteiger partial charge in [-0.1, -0.05) is 62.9 Å². The minimum atomic E-state index is -1.83. The Morgan fingerprint density at radius 2 is 1.92 bits per heavy atom. The molecule has 0 bridgehead atoms. The molecular weight excluding hydrogens is 486 g/mol. The normalized spacial score (nSPS) is 45.1. The number of epoxide rings is 1. The van der Waals surface area contributed by atoms with Crippen molar-refractivity contribution < 1.29 is 34.1 Å². The summed E-state index contributed by atoms with van der Waals surface area (Å²) >= 11 is 0. The molecule has 204 valence electrons. The fourth-order valence-electron chi connectivity index (χ4n) is 7.41. The highest BCUT2D eigenvalue weighted by Gasteiger charge is 2.74. The van der Waals surface area contributed by atoms with Crippen LogP contribution in [0.2, 0.25) is 0 Å². The van der Waals surface area contributed by atoms with E-state index in [0.717, 1.165) is 5.56 Å². The van der Waals surface area contributed by atoms with E-state index in [1.165, 1.54) is 13.8 Å². The number of ketones is 1. The number of carbonyl (C=O) groups is 3. The van der Waals surface area contributed by atoms with Crippen LogP contribution in [0, 0.1) is 29.1 Å². The van der Waals surface area contributed by atoms with E-state index in [1.807, 2.05) is 37.3 Å². The number of aliphatic hydroxyl groups excluding tert-OH is 1. The number of Topliss-reactive ketones (excluding diaryl/α,β-unsaturated/α-hetero) is 1. The Morgan fingerprint density at radius 1 is 1.24 bits per heavy atom. The van der Waals surface area contributed by atoms with Gasteiger partial charge in [-0.25, -0.2) is 0 Å². The topological polar surface area (TPSA) is 125 Å². The Bertz CT molecular complexity index is 1180. The summed E-state index contributed by atoms with van der Waals surface area (Å²) in [5.41, 5.74) is -1.60. The first-order valence-corrected chi connectivity index (χ1v) is 13.4. The number of allylic oxidation sites excluding steroid dienone is 1. The Kier molecular flexibility index (Phi) is 6.65. The molecule has 0 aromatic heterocycles. The first kappa shape index (κ1) is 26.8. The summed E-state index contributed by atoms with van der Waals surface area (Å²) < 4.78 is 11.9. The van der Waals surface area contributed by atoms with Crippen LogP contribution in [0.1, 0.15) is 39.7 Å². The Balaban J connectivity index is 1.70. The summed E-state index contributed by atoms with van der Waals surface area (Å²) in [6, 6.07) is 9.48. The van der Waals surface area contributed by atoms with Crippen LogP contribution in [0.15, 0.2) is 54.6 Å². The molecule has 0 radical (unpaired) electrons. The van der Waals surface area contributed by atoms with Gasteiger partial charge in [0.05, 0.1) is 6.10 Å². The molecule has 3 fully saturated rings. The van der Waals surface area contributed by atoms with E-state index >= 15 is 0 Å². The van der Waals surface area contributed by atoms with E-state index in [9.17, 15) is 24.6 Å². The van der Waals surface area contributed by atoms with Crippen molar-refractivity contribution in [1.82, 2.24) is 5.32 Å². The minimum absolute atomic E-state index is 0.302. The third-order valence-electron chi connectivity index (χ3n) is 9.31. The molecule has 1 aromatic carbocycles. The molecule has 2 saturated heterocycles. The van der Waals surface area contributed by atoms with Crippen LogP contribution >= 0.6 is 0 Å². The number of hydrogen-bond acceptors (Lipinski definition) is 7. The summed E-state index contributed by atoms with van der Waals surface area (Å²) in [5.74, 6) is -3.34. The lowest BCUT2D eigenvalue weighted by molar-refractivity contribution is -0.175. The highest BCUT2D eigenvalue weighted by atomic mass is 16.6. The van der Waals surface area contributed by atoms with Crippen molar-refractivity contribution >= 4 is 17.7 Å². The van der Waals surface area contributed by atoms with Crippen LogP contribution in [0.25, 0.3) is 0 Å². The summed E-state index contributed by atoms with van der Waals surface area (Å²) in [7, 11) is 0. The van der Waals surface area contributed by atoms with Gasteiger partial charge in [0.1, 0.15) is 29.3 Å². The van der Waals surface area contributed by atoms with Crippen molar-refractivity contribution in [2.45, 2.75) is 76.6 Å². The lowest BCUT2D eigenvalue weighted by Crippen LogP contribution is -2.62. The van der Waals surface area contributed by atoms with Crippen molar-refractivity contribution in [3.8, 4) is 0 Å². The zero-order valence-corrected chi connectivity index (χ0v) is 22.3. The van der Waals surface area contributed by atoms with Crippen molar-refractivity contribution in [1.29, 1.82) is 0 Å². The third kappa shape index (κ3) is 3.96. The molecule has 0 unspecified atom stereocenters. The Labute approximate surface area is 223 Å². The highest BCUT2D eigenvalue weighted by molar-refractivity contribution is 5.91. The zero-order chi connectivity index (χ0) is 27.6. The third-order valence-corrected chi connectivity index (χ3v) is 9.31. The van der Waals surface area contributed by atoms with Crippen LogP contribution in [-0.2, 0) is 30.3 Å². The number of amides is 1. The molecular formula is C30H37NO7. The fourth-order valence-corrected chi connectivity index (χ4v) is 7.41. The van der Waals surface area contributed by atoms with Gasteiger partial charge >= 0.3 is 5.97 Å². The van der Waals surface area contributed by atoms with E-state index in [2.05, 4.69) is 11.9 Å². The molecule has 4 aliphatic rings. The molecule has 2 aliphatic carbocycles. The van der Waals surface area contributed by atoms with Gasteiger partial charge in [-0.2, -0.15) is 0 Å². The molecule has 8 heteroatoms. The number of benzene rings is 1. The van der Waals surface area contributed by atoms with Gasteiger partial charge in [0.2, 0.25) is 5.91 Å². The van der Waals surface area contributed by atoms with E-state index in [1.54, 1.807) is 19.1 Å². The predicted octanol–water partition coefficient (Wildman–Crippen LogP) is 2.13. The molecule has 38 heavy (non-hydrogen) atoms. The SMILES string of the molecule is C=C1[C@@H](C)[C@H]2[C@H](Cc3ccccc3)NC(=O)[C@@]23[C@H](OC(C)=O)[C@@H]2O[C@H]2[C@@](C)(O)C(=O)[C@@H](C)C/C=C/[C@H]3[C@@H]1O. The second-order valence-corrected chi connectivity index (χ2v) is 11.7. The second kappa shape index (κ2) is 9.43. The summed E-state index contributed by atoms with van der Waals surface area (Å²) in [6.45, 7) is 10.6. The van der Waals surface area contributed by atoms with Crippen molar-refractivity contribution in [3.05, 3.63) is 60.2 Å². The number of nitrogens with one attached hydrogen (secondary N) is 1. The monoisotopic (exact) mass is 523 g/mol. The standard InChI is InChI=1S/C30H37NO7/c1-15-10-9-13-20-23(33)17(3)16(2)22-21(14-19-11-7-6-8-12-19)31-28(35)30(20,22)27(37-18(4)32)24-26(38-24)29(5,36)25(15)34/h6-9,11-13,15-16,20-24,26-27,33,36H,3,10,14H2,1-2,4-5H3,(H,31,35)/b13-9+/t15-,16+,20-,21-,22-,23+,24+,26+,27+,29-,30+/m0/s1. The minimum Gasteiger partial charge on any atom is -0.458 e. The quantitative estimate of drug-likeness (QED) is 0.315. The summed E-state index contributed by atoms with van der Waals surface area (Å²) in [6.07, 6.45) is 0.350. The van der Waals surface area contributed by atoms with E-state index < -0.39 is 59.2 Å². The van der Waals surface area contributed by atoms with Gasteiger partial charge in [-0.3, -0.25) is 14.4 Å². The Hall–Kier alpha value is -2.81. The number of hydrogen-bond donors (Lipinski definition) is 3. The van der Waals surface area contributed by atoms with Crippen molar-refractivity contribution in [3.63, 3.8) is 0 Å². The number of ether oxygens (including phenoxy) is 2. The number of esters is 1. The summed E-state index contributed by atoms with van der Waals surface area (Å²) in [4.78, 5) is 40.0. The molecule has 8 nitrogen and oxygen atoms in total. The maximum Gasteiger partial charge on any atom is 0.303 e. The maximum atomic E-state index is 14.3. The average Bonchev–Trinajstić information content (AvgIpc) is 3.62. The van der Waals surface area contributed by atoms with Gasteiger partial charge in [0.15, 0.2) is 5.78 Å². The average molecular weight is 524 g/mol. The molecule has 1 aromatic rings. The van der Waals surface area contributed by atoms with E-state index in [-0.39, 0.29) is 23.7 Å². The zero-order valence-electron chi connectivity index (χ0n) is 22.3. The molecule has 2 heterocycles. The molecule has 3 N–H and O–H groups in total.